The Kier molecular flexibility index (Phi) is 5.35. The van der Waals surface area contributed by atoms with Crippen LogP contribution in [0.2, 0.25) is 0 Å². The Morgan fingerprint density at radius 2 is 2.06 bits per heavy atom. The second-order valence-corrected chi connectivity index (χ2v) is 6.20. The van der Waals surface area contributed by atoms with E-state index in [1.807, 2.05) is 12.5 Å². The topological polar surface area (TPSA) is 50.1 Å². The Balaban J connectivity index is 2.64. The summed E-state index contributed by atoms with van der Waals surface area (Å²) in [5.74, 6) is 0. The average molecular weight is 253 g/mol. The van der Waals surface area contributed by atoms with Crippen molar-refractivity contribution in [2.24, 2.45) is 5.41 Å². The predicted molar refractivity (Wildman–Crippen MR) is 74.4 cm³/mol. The van der Waals surface area contributed by atoms with Crippen molar-refractivity contribution >= 4 is 0 Å². The first kappa shape index (κ1) is 15.2. The molecule has 1 unspecified atom stereocenters. The van der Waals surface area contributed by atoms with Crippen molar-refractivity contribution in [3.63, 3.8) is 0 Å². The molecule has 18 heavy (non-hydrogen) atoms. The van der Waals surface area contributed by atoms with Gasteiger partial charge in [0.1, 0.15) is 0 Å². The van der Waals surface area contributed by atoms with E-state index in [4.69, 9.17) is 5.11 Å². The average Bonchev–Trinajstić information content (AvgIpc) is 2.70. The van der Waals surface area contributed by atoms with Crippen molar-refractivity contribution in [2.45, 2.75) is 59.7 Å². The molecular weight excluding hydrogens is 226 g/mol. The number of aliphatic hydroxyl groups excluding tert-OH is 1. The number of aliphatic hydroxyl groups is 1. The van der Waals surface area contributed by atoms with Crippen LogP contribution in [0.1, 0.15) is 52.8 Å². The fourth-order valence-electron chi connectivity index (χ4n) is 2.13. The molecule has 0 aliphatic heterocycles. The lowest BCUT2D eigenvalue weighted by atomic mass is 9.85. The molecule has 1 atom stereocenters. The lowest BCUT2D eigenvalue weighted by molar-refractivity contribution is 0.195. The van der Waals surface area contributed by atoms with E-state index in [0.717, 1.165) is 13.0 Å². The molecule has 4 nitrogen and oxygen atoms in total. The van der Waals surface area contributed by atoms with Crippen LogP contribution in [-0.2, 0) is 6.54 Å². The van der Waals surface area contributed by atoms with Crippen molar-refractivity contribution in [1.82, 2.24) is 14.9 Å². The van der Waals surface area contributed by atoms with Crippen LogP contribution in [-0.4, -0.2) is 27.3 Å². The summed E-state index contributed by atoms with van der Waals surface area (Å²) in [5.41, 5.74) is 1.34. The van der Waals surface area contributed by atoms with Crippen molar-refractivity contribution in [3.8, 4) is 0 Å². The summed E-state index contributed by atoms with van der Waals surface area (Å²) in [6.07, 6.45) is 4.56. The van der Waals surface area contributed by atoms with Gasteiger partial charge in [-0.15, -0.1) is 0 Å². The summed E-state index contributed by atoms with van der Waals surface area (Å²) in [7, 11) is 0. The highest BCUT2D eigenvalue weighted by molar-refractivity contribution is 5.00. The van der Waals surface area contributed by atoms with Gasteiger partial charge in [0.2, 0.25) is 0 Å². The maximum atomic E-state index is 9.14. The number of rotatable bonds is 6. The van der Waals surface area contributed by atoms with E-state index in [-0.39, 0.29) is 12.0 Å². The van der Waals surface area contributed by atoms with Crippen molar-refractivity contribution in [2.75, 3.05) is 6.61 Å². The maximum Gasteiger partial charge on any atom is 0.0951 e. The monoisotopic (exact) mass is 253 g/mol. The summed E-state index contributed by atoms with van der Waals surface area (Å²) < 4.78 is 2.17. The molecular formula is C14H27N3O. The van der Waals surface area contributed by atoms with E-state index >= 15 is 0 Å². The lowest BCUT2D eigenvalue weighted by Gasteiger charge is -2.31. The fraction of sp³-hybridized carbons (Fsp3) is 0.786. The molecule has 0 aliphatic carbocycles. The second-order valence-electron chi connectivity index (χ2n) is 6.20. The lowest BCUT2D eigenvalue weighted by Crippen LogP contribution is -2.40. The molecule has 1 aromatic heterocycles. The zero-order chi connectivity index (χ0) is 13.8. The van der Waals surface area contributed by atoms with Crippen LogP contribution in [0, 0.1) is 5.41 Å². The fourth-order valence-corrected chi connectivity index (χ4v) is 2.13. The minimum absolute atomic E-state index is 0.144. The number of hydrogen-bond donors (Lipinski definition) is 2. The largest absolute Gasteiger partial charge is 0.396 e. The highest BCUT2D eigenvalue weighted by Crippen LogP contribution is 2.22. The molecule has 0 saturated carbocycles. The number of nitrogens with one attached hydrogen (secondary N) is 1. The number of nitrogens with zero attached hydrogens (tertiary/aromatic N) is 2. The first-order valence-corrected chi connectivity index (χ1v) is 6.71. The molecule has 2 N–H and O–H groups in total. The first-order chi connectivity index (χ1) is 8.36. The Bertz CT molecular complexity index is 352. The zero-order valence-corrected chi connectivity index (χ0v) is 12.3. The minimum Gasteiger partial charge on any atom is -0.396 e. The van der Waals surface area contributed by atoms with Gasteiger partial charge >= 0.3 is 0 Å². The zero-order valence-electron chi connectivity index (χ0n) is 12.3. The van der Waals surface area contributed by atoms with E-state index in [1.54, 1.807) is 0 Å². The number of aromatic nitrogens is 2. The van der Waals surface area contributed by atoms with Gasteiger partial charge in [-0.1, -0.05) is 20.8 Å². The number of hydrogen-bond acceptors (Lipinski definition) is 3. The normalized spacial score (nSPS) is 14.2. The predicted octanol–water partition coefficient (Wildman–Crippen LogP) is 2.35. The third-order valence-electron chi connectivity index (χ3n) is 3.30. The molecule has 0 saturated heterocycles. The van der Waals surface area contributed by atoms with Crippen LogP contribution >= 0.6 is 0 Å². The van der Waals surface area contributed by atoms with Gasteiger partial charge in [0, 0.05) is 31.4 Å². The molecule has 0 spiro atoms. The maximum absolute atomic E-state index is 9.14. The van der Waals surface area contributed by atoms with Crippen LogP contribution in [0.5, 0.6) is 0 Å². The van der Waals surface area contributed by atoms with E-state index in [2.05, 4.69) is 49.5 Å². The van der Waals surface area contributed by atoms with Gasteiger partial charge in [-0.25, -0.2) is 4.98 Å². The van der Waals surface area contributed by atoms with Crippen molar-refractivity contribution in [3.05, 3.63) is 18.2 Å². The van der Waals surface area contributed by atoms with Crippen LogP contribution in [0.25, 0.3) is 0 Å². The van der Waals surface area contributed by atoms with Crippen molar-refractivity contribution in [1.29, 1.82) is 0 Å². The van der Waals surface area contributed by atoms with Crippen LogP contribution < -0.4 is 5.32 Å². The second kappa shape index (κ2) is 6.34. The molecule has 0 amide bonds. The van der Waals surface area contributed by atoms with E-state index in [1.165, 1.54) is 5.69 Å². The standard InChI is InChI=1S/C14H27N3O/c1-11(2)17-10-15-8-12(17)9-16-13(6-7-18)14(3,4)5/h8,10-11,13,16,18H,6-7,9H2,1-5H3. The SMILES string of the molecule is CC(C)n1cncc1CNC(CCO)C(C)(C)C. The molecule has 4 heteroatoms. The summed E-state index contributed by atoms with van der Waals surface area (Å²) >= 11 is 0. The molecule has 0 aromatic carbocycles. The Labute approximate surface area is 110 Å². The summed E-state index contributed by atoms with van der Waals surface area (Å²) in [4.78, 5) is 4.20. The Morgan fingerprint density at radius 3 is 2.56 bits per heavy atom. The van der Waals surface area contributed by atoms with Crippen LogP contribution in [0.15, 0.2) is 12.5 Å². The molecule has 0 fully saturated rings. The quantitative estimate of drug-likeness (QED) is 0.818. The summed E-state index contributed by atoms with van der Waals surface area (Å²) in [6, 6.07) is 0.730. The third kappa shape index (κ3) is 4.10. The van der Waals surface area contributed by atoms with Gasteiger partial charge in [-0.05, 0) is 25.7 Å². The Hall–Kier alpha value is -0.870. The van der Waals surface area contributed by atoms with Gasteiger partial charge in [-0.2, -0.15) is 0 Å². The Morgan fingerprint density at radius 1 is 1.39 bits per heavy atom. The van der Waals surface area contributed by atoms with E-state index in [0.29, 0.717) is 12.1 Å². The van der Waals surface area contributed by atoms with Crippen molar-refractivity contribution < 1.29 is 5.11 Å². The summed E-state index contributed by atoms with van der Waals surface area (Å²) in [5, 5.41) is 12.7. The van der Waals surface area contributed by atoms with E-state index < -0.39 is 0 Å². The highest BCUT2D eigenvalue weighted by atomic mass is 16.3. The molecule has 0 bridgehead atoms. The van der Waals surface area contributed by atoms with Crippen LogP contribution in [0.4, 0.5) is 0 Å². The molecule has 1 heterocycles. The minimum atomic E-state index is 0.144. The van der Waals surface area contributed by atoms with E-state index in [9.17, 15) is 0 Å². The first-order valence-electron chi connectivity index (χ1n) is 6.71. The van der Waals surface area contributed by atoms with Gasteiger partial charge in [0.25, 0.3) is 0 Å². The highest BCUT2D eigenvalue weighted by Gasteiger charge is 2.23. The van der Waals surface area contributed by atoms with Gasteiger partial charge in [0.15, 0.2) is 0 Å². The molecule has 104 valence electrons. The van der Waals surface area contributed by atoms with Gasteiger partial charge < -0.3 is 15.0 Å². The number of imidazole rings is 1. The van der Waals surface area contributed by atoms with Gasteiger partial charge in [-0.3, -0.25) is 0 Å². The molecule has 1 aromatic rings. The molecule has 0 aliphatic rings. The van der Waals surface area contributed by atoms with Gasteiger partial charge in [0.05, 0.1) is 12.0 Å². The van der Waals surface area contributed by atoms with Crippen LogP contribution in [0.3, 0.4) is 0 Å². The molecule has 0 radical (unpaired) electrons. The molecule has 1 rings (SSSR count). The summed E-state index contributed by atoms with van der Waals surface area (Å²) in [6.45, 7) is 11.9. The smallest absolute Gasteiger partial charge is 0.0951 e. The third-order valence-corrected chi connectivity index (χ3v) is 3.30.